The van der Waals surface area contributed by atoms with E-state index in [0.29, 0.717) is 0 Å². The largest absolute Gasteiger partial charge is 0.478 e. The smallest absolute Gasteiger partial charge is 0.213 e. The second kappa shape index (κ2) is 7.49. The number of ether oxygens (including phenoxy) is 1. The van der Waals surface area contributed by atoms with Crippen molar-refractivity contribution in [3.63, 3.8) is 0 Å². The summed E-state index contributed by atoms with van der Waals surface area (Å²) in [4.78, 5) is 4.51. The van der Waals surface area contributed by atoms with Gasteiger partial charge in [-0.15, -0.1) is 0 Å². The molecule has 0 saturated heterocycles. The van der Waals surface area contributed by atoms with Crippen molar-refractivity contribution >= 4 is 0 Å². The summed E-state index contributed by atoms with van der Waals surface area (Å²) in [7, 11) is 0. The van der Waals surface area contributed by atoms with Crippen LogP contribution in [0, 0.1) is 6.92 Å². The quantitative estimate of drug-likeness (QED) is 0.760. The molecule has 0 aliphatic rings. The summed E-state index contributed by atoms with van der Waals surface area (Å²) in [6.07, 6.45) is 3.53. The van der Waals surface area contributed by atoms with Gasteiger partial charge in [0.05, 0.1) is 6.61 Å². The maximum absolute atomic E-state index is 5.66. The van der Waals surface area contributed by atoms with Crippen LogP contribution in [0.3, 0.4) is 0 Å². The van der Waals surface area contributed by atoms with Gasteiger partial charge in [0.25, 0.3) is 0 Å². The van der Waals surface area contributed by atoms with Crippen LogP contribution in [-0.4, -0.2) is 17.1 Å². The molecule has 1 heterocycles. The Bertz CT molecular complexity index is 383. The maximum atomic E-state index is 5.66. The van der Waals surface area contributed by atoms with E-state index < -0.39 is 0 Å². The van der Waals surface area contributed by atoms with Crippen LogP contribution >= 0.6 is 0 Å². The van der Waals surface area contributed by atoms with Gasteiger partial charge in [-0.2, -0.15) is 0 Å². The number of rotatable bonds is 7. The molecule has 0 spiro atoms. The highest BCUT2D eigenvalue weighted by atomic mass is 16.5. The Morgan fingerprint density at radius 1 is 1.21 bits per heavy atom. The molecule has 1 rings (SSSR count). The highest BCUT2D eigenvalue weighted by Gasteiger charge is 2.10. The van der Waals surface area contributed by atoms with Crippen molar-refractivity contribution in [2.24, 2.45) is 0 Å². The number of hydrogen-bond acceptors (Lipinski definition) is 3. The van der Waals surface area contributed by atoms with Crippen LogP contribution in [-0.2, 0) is 6.54 Å². The van der Waals surface area contributed by atoms with Gasteiger partial charge in [0.15, 0.2) is 0 Å². The number of nitrogens with zero attached hydrogens (tertiary/aromatic N) is 1. The SMILES string of the molecule is CCCCCOc1ccc(CNC(C)(C)C)c(C)n1. The molecule has 3 nitrogen and oxygen atoms in total. The van der Waals surface area contributed by atoms with E-state index in [1.54, 1.807) is 0 Å². The van der Waals surface area contributed by atoms with E-state index in [1.807, 2.05) is 13.0 Å². The van der Waals surface area contributed by atoms with Gasteiger partial charge >= 0.3 is 0 Å². The van der Waals surface area contributed by atoms with Crippen molar-refractivity contribution in [2.75, 3.05) is 6.61 Å². The van der Waals surface area contributed by atoms with Crippen LogP contribution in [0.2, 0.25) is 0 Å². The Kier molecular flexibility index (Phi) is 6.29. The van der Waals surface area contributed by atoms with Crippen LogP contribution < -0.4 is 10.1 Å². The maximum Gasteiger partial charge on any atom is 0.213 e. The minimum atomic E-state index is 0.127. The fourth-order valence-corrected chi connectivity index (χ4v) is 1.72. The molecule has 3 heteroatoms. The average molecular weight is 264 g/mol. The predicted molar refractivity (Wildman–Crippen MR) is 80.6 cm³/mol. The fourth-order valence-electron chi connectivity index (χ4n) is 1.72. The second-order valence-corrected chi connectivity index (χ2v) is 6.05. The minimum Gasteiger partial charge on any atom is -0.478 e. The topological polar surface area (TPSA) is 34.1 Å². The highest BCUT2D eigenvalue weighted by molar-refractivity contribution is 5.25. The molecule has 0 saturated carbocycles. The lowest BCUT2D eigenvalue weighted by atomic mass is 10.1. The number of aromatic nitrogens is 1. The van der Waals surface area contributed by atoms with E-state index in [0.717, 1.165) is 31.1 Å². The molecular weight excluding hydrogens is 236 g/mol. The monoisotopic (exact) mass is 264 g/mol. The molecule has 0 bridgehead atoms. The summed E-state index contributed by atoms with van der Waals surface area (Å²) in [6.45, 7) is 12.3. The van der Waals surface area contributed by atoms with Gasteiger partial charge in [-0.25, -0.2) is 4.98 Å². The summed E-state index contributed by atoms with van der Waals surface area (Å²) >= 11 is 0. The molecule has 0 amide bonds. The molecule has 1 aromatic heterocycles. The van der Waals surface area contributed by atoms with Crippen LogP contribution in [0.1, 0.15) is 58.2 Å². The van der Waals surface area contributed by atoms with Crippen molar-refractivity contribution in [3.8, 4) is 5.88 Å². The molecule has 108 valence electrons. The van der Waals surface area contributed by atoms with E-state index in [1.165, 1.54) is 18.4 Å². The van der Waals surface area contributed by atoms with E-state index in [-0.39, 0.29) is 5.54 Å². The van der Waals surface area contributed by atoms with E-state index in [4.69, 9.17) is 4.74 Å². The van der Waals surface area contributed by atoms with Crippen molar-refractivity contribution < 1.29 is 4.74 Å². The van der Waals surface area contributed by atoms with Gasteiger partial charge in [-0.1, -0.05) is 25.8 Å². The zero-order valence-electron chi connectivity index (χ0n) is 13.0. The molecule has 19 heavy (non-hydrogen) atoms. The molecule has 0 unspecified atom stereocenters. The lowest BCUT2D eigenvalue weighted by Gasteiger charge is -2.21. The first-order valence-electron chi connectivity index (χ1n) is 7.26. The Labute approximate surface area is 117 Å². The zero-order chi connectivity index (χ0) is 14.3. The van der Waals surface area contributed by atoms with Gasteiger partial charge in [-0.3, -0.25) is 0 Å². The third-order valence-corrected chi connectivity index (χ3v) is 2.98. The average Bonchev–Trinajstić information content (AvgIpc) is 2.32. The molecule has 1 aromatic rings. The van der Waals surface area contributed by atoms with Gasteiger partial charge in [0, 0.05) is 23.8 Å². The van der Waals surface area contributed by atoms with E-state index >= 15 is 0 Å². The van der Waals surface area contributed by atoms with Gasteiger partial charge in [-0.05, 0) is 39.7 Å². The fraction of sp³-hybridized carbons (Fsp3) is 0.688. The lowest BCUT2D eigenvalue weighted by Crippen LogP contribution is -2.35. The normalized spacial score (nSPS) is 11.6. The number of aryl methyl sites for hydroxylation is 1. The summed E-state index contributed by atoms with van der Waals surface area (Å²) in [5.41, 5.74) is 2.41. The van der Waals surface area contributed by atoms with Crippen LogP contribution in [0.25, 0.3) is 0 Å². The summed E-state index contributed by atoms with van der Waals surface area (Å²) in [5.74, 6) is 0.744. The lowest BCUT2D eigenvalue weighted by molar-refractivity contribution is 0.294. The van der Waals surface area contributed by atoms with Gasteiger partial charge < -0.3 is 10.1 Å². The molecule has 1 N–H and O–H groups in total. The molecule has 0 aromatic carbocycles. The van der Waals surface area contributed by atoms with Gasteiger partial charge in [0.1, 0.15) is 0 Å². The molecular formula is C16H28N2O. The Morgan fingerprint density at radius 3 is 2.53 bits per heavy atom. The first-order chi connectivity index (χ1) is 8.92. The van der Waals surface area contributed by atoms with Crippen LogP contribution in [0.15, 0.2) is 12.1 Å². The van der Waals surface area contributed by atoms with Crippen LogP contribution in [0.5, 0.6) is 5.88 Å². The summed E-state index contributed by atoms with van der Waals surface area (Å²) < 4.78 is 5.66. The van der Waals surface area contributed by atoms with Crippen molar-refractivity contribution in [3.05, 3.63) is 23.4 Å². The van der Waals surface area contributed by atoms with Crippen molar-refractivity contribution in [1.29, 1.82) is 0 Å². The van der Waals surface area contributed by atoms with E-state index in [2.05, 4.69) is 44.1 Å². The first-order valence-corrected chi connectivity index (χ1v) is 7.26. The Balaban J connectivity index is 2.49. The zero-order valence-corrected chi connectivity index (χ0v) is 13.0. The van der Waals surface area contributed by atoms with Crippen LogP contribution in [0.4, 0.5) is 0 Å². The number of pyridine rings is 1. The second-order valence-electron chi connectivity index (χ2n) is 6.05. The number of nitrogens with one attached hydrogen (secondary N) is 1. The summed E-state index contributed by atoms with van der Waals surface area (Å²) in [5, 5.41) is 3.48. The number of hydrogen-bond donors (Lipinski definition) is 1. The molecule has 0 aliphatic carbocycles. The first kappa shape index (κ1) is 16.0. The third-order valence-electron chi connectivity index (χ3n) is 2.98. The van der Waals surface area contributed by atoms with E-state index in [9.17, 15) is 0 Å². The predicted octanol–water partition coefficient (Wildman–Crippen LogP) is 3.85. The number of unbranched alkanes of at least 4 members (excludes halogenated alkanes) is 2. The summed E-state index contributed by atoms with van der Waals surface area (Å²) in [6, 6.07) is 4.08. The van der Waals surface area contributed by atoms with Crippen molar-refractivity contribution in [1.82, 2.24) is 10.3 Å². The molecule has 0 atom stereocenters. The van der Waals surface area contributed by atoms with Gasteiger partial charge in [0.2, 0.25) is 5.88 Å². The Hall–Kier alpha value is -1.09. The third kappa shape index (κ3) is 6.58. The minimum absolute atomic E-state index is 0.127. The molecule has 0 fully saturated rings. The molecule has 0 aliphatic heterocycles. The standard InChI is InChI=1S/C16H28N2O/c1-6-7-8-11-19-15-10-9-14(13(2)18-15)12-17-16(3,4)5/h9-10,17H,6-8,11-12H2,1-5H3. The molecule has 0 radical (unpaired) electrons. The Morgan fingerprint density at radius 2 is 1.95 bits per heavy atom. The van der Waals surface area contributed by atoms with Crippen molar-refractivity contribution in [2.45, 2.75) is 66.0 Å². The highest BCUT2D eigenvalue weighted by Crippen LogP contribution is 2.14.